The fourth-order valence-corrected chi connectivity index (χ4v) is 2.60. The molecule has 0 aliphatic carbocycles. The average molecular weight is 311 g/mol. The molecule has 0 bridgehead atoms. The quantitative estimate of drug-likeness (QED) is 0.871. The Morgan fingerprint density at radius 3 is 2.76 bits per heavy atom. The Hall–Kier alpha value is -1.13. The van der Waals surface area contributed by atoms with Crippen LogP contribution in [0, 0.1) is 0 Å². The van der Waals surface area contributed by atoms with E-state index < -0.39 is 0 Å². The van der Waals surface area contributed by atoms with Crippen LogP contribution in [-0.4, -0.2) is 29.6 Å². The Kier molecular flexibility index (Phi) is 4.89. The van der Waals surface area contributed by atoms with E-state index in [-0.39, 0.29) is 23.5 Å². The van der Waals surface area contributed by atoms with Crippen LogP contribution < -0.4 is 5.32 Å². The smallest absolute Gasteiger partial charge is 0.251 e. The second kappa shape index (κ2) is 6.32. The van der Waals surface area contributed by atoms with Gasteiger partial charge in [0, 0.05) is 23.3 Å². The molecule has 1 aliphatic heterocycles. The van der Waals surface area contributed by atoms with Gasteiger partial charge in [0.15, 0.2) is 0 Å². The highest BCUT2D eigenvalue weighted by Gasteiger charge is 2.25. The van der Waals surface area contributed by atoms with Gasteiger partial charge in [-0.25, -0.2) is 4.98 Å². The number of amides is 1. The van der Waals surface area contributed by atoms with Crippen LogP contribution in [0.15, 0.2) is 12.1 Å². The second-order valence-corrected chi connectivity index (χ2v) is 7.01. The van der Waals surface area contributed by atoms with E-state index >= 15 is 0 Å². The molecule has 2 heterocycles. The zero-order valence-electron chi connectivity index (χ0n) is 13.1. The molecule has 4 nitrogen and oxygen atoms in total. The van der Waals surface area contributed by atoms with Gasteiger partial charge in [0.05, 0.1) is 12.1 Å². The van der Waals surface area contributed by atoms with Gasteiger partial charge in [-0.1, -0.05) is 32.4 Å². The van der Waals surface area contributed by atoms with E-state index in [9.17, 15) is 4.79 Å². The van der Waals surface area contributed by atoms with Gasteiger partial charge in [-0.15, -0.1) is 0 Å². The van der Waals surface area contributed by atoms with E-state index in [4.69, 9.17) is 16.3 Å². The summed E-state index contributed by atoms with van der Waals surface area (Å²) in [5.74, 6) is -0.132. The zero-order chi connectivity index (χ0) is 15.6. The molecule has 21 heavy (non-hydrogen) atoms. The van der Waals surface area contributed by atoms with Crippen LogP contribution in [0.3, 0.4) is 0 Å². The van der Waals surface area contributed by atoms with Crippen molar-refractivity contribution in [2.75, 3.05) is 6.61 Å². The second-order valence-electron chi connectivity index (χ2n) is 6.63. The molecule has 116 valence electrons. The molecule has 0 spiro atoms. The number of nitrogens with one attached hydrogen (secondary N) is 1. The van der Waals surface area contributed by atoms with Gasteiger partial charge >= 0.3 is 0 Å². The summed E-state index contributed by atoms with van der Waals surface area (Å²) in [5, 5.41) is 3.34. The maximum atomic E-state index is 12.4. The lowest BCUT2D eigenvalue weighted by atomic mass is 9.91. The van der Waals surface area contributed by atoms with Crippen molar-refractivity contribution in [1.82, 2.24) is 10.3 Å². The number of ether oxygens (including phenoxy) is 1. The zero-order valence-corrected chi connectivity index (χ0v) is 13.8. The van der Waals surface area contributed by atoms with Crippen molar-refractivity contribution in [1.29, 1.82) is 0 Å². The van der Waals surface area contributed by atoms with Crippen molar-refractivity contribution in [2.24, 2.45) is 0 Å². The van der Waals surface area contributed by atoms with Crippen LogP contribution in [0.1, 0.15) is 56.6 Å². The van der Waals surface area contributed by atoms with Crippen molar-refractivity contribution in [3.8, 4) is 0 Å². The van der Waals surface area contributed by atoms with E-state index in [1.165, 1.54) is 0 Å². The molecule has 1 fully saturated rings. The lowest BCUT2D eigenvalue weighted by Crippen LogP contribution is -2.41. The minimum Gasteiger partial charge on any atom is -0.376 e. The largest absolute Gasteiger partial charge is 0.376 e. The third-order valence-corrected chi connectivity index (χ3v) is 3.90. The van der Waals surface area contributed by atoms with E-state index in [2.05, 4.69) is 10.3 Å². The Balaban J connectivity index is 2.13. The summed E-state index contributed by atoms with van der Waals surface area (Å²) < 4.78 is 5.60. The highest BCUT2D eigenvalue weighted by Crippen LogP contribution is 2.23. The first kappa shape index (κ1) is 16.2. The van der Waals surface area contributed by atoms with Crippen molar-refractivity contribution < 1.29 is 9.53 Å². The van der Waals surface area contributed by atoms with Crippen LogP contribution in [0.25, 0.3) is 0 Å². The number of hydrogen-bond donors (Lipinski definition) is 1. The van der Waals surface area contributed by atoms with Gasteiger partial charge in [-0.2, -0.15) is 0 Å². The lowest BCUT2D eigenvalue weighted by molar-refractivity contribution is 0.0712. The Labute approximate surface area is 131 Å². The molecule has 5 heteroatoms. The predicted octanol–water partition coefficient (Wildman–Crippen LogP) is 3.33. The number of carbonyl (C=O) groups excluding carboxylic acids is 1. The normalized spacial score (nSPS) is 20.3. The molecule has 1 amide bonds. The Morgan fingerprint density at radius 2 is 2.19 bits per heavy atom. The summed E-state index contributed by atoms with van der Waals surface area (Å²) in [6, 6.07) is 3.41. The number of pyridine rings is 1. The Bertz CT molecular complexity index is 519. The van der Waals surface area contributed by atoms with Crippen LogP contribution in [0.4, 0.5) is 0 Å². The van der Waals surface area contributed by atoms with Crippen molar-refractivity contribution in [3.63, 3.8) is 0 Å². The standard InChI is InChI=1S/C16H23ClN2O2/c1-10(12-6-5-7-21-12)18-15(20)11-8-13(16(2,3)4)19-14(17)9-11/h8-10,12H,5-7H2,1-4H3,(H,18,20). The lowest BCUT2D eigenvalue weighted by Gasteiger charge is -2.21. The minimum atomic E-state index is -0.153. The molecule has 1 N–H and O–H groups in total. The first-order chi connectivity index (χ1) is 9.77. The molecule has 0 saturated carbocycles. The van der Waals surface area contributed by atoms with E-state index in [1.807, 2.05) is 33.8 Å². The number of nitrogens with zero attached hydrogens (tertiary/aromatic N) is 1. The number of hydrogen-bond acceptors (Lipinski definition) is 3. The van der Waals surface area contributed by atoms with Crippen LogP contribution in [0.2, 0.25) is 5.15 Å². The van der Waals surface area contributed by atoms with Crippen molar-refractivity contribution in [2.45, 2.75) is 58.1 Å². The van der Waals surface area contributed by atoms with Crippen LogP contribution in [0.5, 0.6) is 0 Å². The molecule has 1 aromatic rings. The molecule has 1 aromatic heterocycles. The molecule has 2 unspecified atom stereocenters. The monoisotopic (exact) mass is 310 g/mol. The molecule has 2 atom stereocenters. The molecule has 1 aliphatic rings. The maximum Gasteiger partial charge on any atom is 0.251 e. The van der Waals surface area contributed by atoms with Gasteiger partial charge in [0.25, 0.3) is 5.91 Å². The summed E-state index contributed by atoms with van der Waals surface area (Å²) in [6.45, 7) is 8.88. The SMILES string of the molecule is CC(NC(=O)c1cc(Cl)nc(C(C)(C)C)c1)C1CCCO1. The number of halogens is 1. The predicted molar refractivity (Wildman–Crippen MR) is 83.8 cm³/mol. The maximum absolute atomic E-state index is 12.4. The Morgan fingerprint density at radius 1 is 1.48 bits per heavy atom. The average Bonchev–Trinajstić information content (AvgIpc) is 2.90. The summed E-state index contributed by atoms with van der Waals surface area (Å²) >= 11 is 6.05. The third-order valence-electron chi connectivity index (χ3n) is 3.71. The molecule has 0 radical (unpaired) electrons. The summed E-state index contributed by atoms with van der Waals surface area (Å²) in [4.78, 5) is 16.7. The van der Waals surface area contributed by atoms with Gasteiger partial charge in [0.2, 0.25) is 0 Å². The number of rotatable bonds is 3. The summed E-state index contributed by atoms with van der Waals surface area (Å²) in [5.41, 5.74) is 1.20. The van der Waals surface area contributed by atoms with Gasteiger partial charge in [0.1, 0.15) is 5.15 Å². The minimum absolute atomic E-state index is 0.00923. The molecular weight excluding hydrogens is 288 g/mol. The first-order valence-electron chi connectivity index (χ1n) is 7.38. The summed E-state index contributed by atoms with van der Waals surface area (Å²) in [6.07, 6.45) is 2.15. The highest BCUT2D eigenvalue weighted by molar-refractivity contribution is 6.29. The van der Waals surface area contributed by atoms with Gasteiger partial charge in [-0.05, 0) is 31.9 Å². The van der Waals surface area contributed by atoms with E-state index in [0.717, 1.165) is 25.1 Å². The summed E-state index contributed by atoms with van der Waals surface area (Å²) in [7, 11) is 0. The fraction of sp³-hybridized carbons (Fsp3) is 0.625. The molecular formula is C16H23ClN2O2. The van der Waals surface area contributed by atoms with Gasteiger partial charge < -0.3 is 10.1 Å². The fourth-order valence-electron chi connectivity index (χ4n) is 2.39. The third kappa shape index (κ3) is 4.17. The molecule has 2 rings (SSSR count). The van der Waals surface area contributed by atoms with Crippen LogP contribution in [-0.2, 0) is 10.2 Å². The topological polar surface area (TPSA) is 51.2 Å². The number of carbonyl (C=O) groups is 1. The number of aromatic nitrogens is 1. The first-order valence-corrected chi connectivity index (χ1v) is 7.75. The van der Waals surface area contributed by atoms with Crippen molar-refractivity contribution in [3.05, 3.63) is 28.5 Å². The van der Waals surface area contributed by atoms with E-state index in [0.29, 0.717) is 10.7 Å². The molecule has 1 saturated heterocycles. The van der Waals surface area contributed by atoms with Gasteiger partial charge in [-0.3, -0.25) is 4.79 Å². The molecule has 0 aromatic carbocycles. The highest BCUT2D eigenvalue weighted by atomic mass is 35.5. The van der Waals surface area contributed by atoms with E-state index in [1.54, 1.807) is 6.07 Å². The van der Waals surface area contributed by atoms with Crippen molar-refractivity contribution >= 4 is 17.5 Å². The van der Waals surface area contributed by atoms with Crippen LogP contribution >= 0.6 is 11.6 Å².